The van der Waals surface area contributed by atoms with E-state index in [0.717, 1.165) is 0 Å². The average molecular weight is 272 g/mol. The van der Waals surface area contributed by atoms with Gasteiger partial charge in [0.15, 0.2) is 6.10 Å². The lowest BCUT2D eigenvalue weighted by Gasteiger charge is -2.26. The van der Waals surface area contributed by atoms with Crippen molar-refractivity contribution in [3.8, 4) is 0 Å². The minimum atomic E-state index is -2.07. The van der Waals surface area contributed by atoms with Crippen LogP contribution < -0.4 is 0 Å². The molecule has 0 aromatic heterocycles. The fourth-order valence-corrected chi connectivity index (χ4v) is 0.992. The van der Waals surface area contributed by atoms with Gasteiger partial charge >= 0.3 is 0 Å². The fraction of sp³-hybridized carbons (Fsp3) is 1.00. The van der Waals surface area contributed by atoms with Crippen molar-refractivity contribution < 1.29 is 40.3 Å². The van der Waals surface area contributed by atoms with Crippen LogP contribution in [0.25, 0.3) is 0 Å². The summed E-state index contributed by atoms with van der Waals surface area (Å²) < 4.78 is 0. The number of aliphatic hydroxyl groups is 4. The summed E-state index contributed by atoms with van der Waals surface area (Å²) >= 11 is 0. The van der Waals surface area contributed by atoms with Gasteiger partial charge in [-0.25, -0.2) is 0 Å². The first-order valence-electron chi connectivity index (χ1n) is 4.53. The number of rotatable bonds is 9. The predicted molar refractivity (Wildman–Crippen MR) is 49.9 cm³/mol. The molecule has 18 heavy (non-hydrogen) atoms. The topological polar surface area (TPSA) is 186 Å². The van der Waals surface area contributed by atoms with E-state index >= 15 is 0 Å². The van der Waals surface area contributed by atoms with Gasteiger partial charge < -0.3 is 30.1 Å². The highest BCUT2D eigenvalue weighted by molar-refractivity contribution is 4.80. The summed E-state index contributed by atoms with van der Waals surface area (Å²) in [5.41, 5.74) is 0. The van der Waals surface area contributed by atoms with Crippen molar-refractivity contribution in [2.75, 3.05) is 13.2 Å². The third-order valence-corrected chi connectivity index (χ3v) is 1.88. The Labute approximate surface area is 99.2 Å². The van der Waals surface area contributed by atoms with Crippen molar-refractivity contribution in [2.45, 2.75) is 24.4 Å². The van der Waals surface area contributed by atoms with Gasteiger partial charge in [0.2, 0.25) is 0 Å². The number of hydrogen-bond acceptors (Lipinski definition) is 10. The van der Waals surface area contributed by atoms with Crippen molar-refractivity contribution in [1.82, 2.24) is 0 Å². The van der Waals surface area contributed by atoms with Gasteiger partial charge in [-0.1, -0.05) is 0 Å². The first-order valence-corrected chi connectivity index (χ1v) is 4.53. The Kier molecular flexibility index (Phi) is 6.81. The van der Waals surface area contributed by atoms with E-state index in [-0.39, 0.29) is 0 Å². The molecule has 4 atom stereocenters. The molecule has 0 amide bonds. The van der Waals surface area contributed by atoms with Crippen LogP contribution in [0.3, 0.4) is 0 Å². The molecule has 0 saturated heterocycles. The van der Waals surface area contributed by atoms with Crippen LogP contribution in [-0.4, -0.2) is 68.2 Å². The largest absolute Gasteiger partial charge is 0.394 e. The third kappa shape index (κ3) is 5.53. The summed E-state index contributed by atoms with van der Waals surface area (Å²) in [6, 6.07) is 0. The SMILES string of the molecule is O=[N+]([O-])OC[C@H](O[N+](=O)[O-])[C@@H](O)[C@H](O)[C@H](O)CO. The van der Waals surface area contributed by atoms with E-state index in [1.54, 1.807) is 0 Å². The van der Waals surface area contributed by atoms with Crippen LogP contribution >= 0.6 is 0 Å². The molecule has 0 saturated carbocycles. The van der Waals surface area contributed by atoms with Crippen molar-refractivity contribution in [3.05, 3.63) is 20.2 Å². The smallest absolute Gasteiger partial charge is 0.294 e. The maximum atomic E-state index is 10.1. The van der Waals surface area contributed by atoms with Crippen LogP contribution in [0.15, 0.2) is 0 Å². The van der Waals surface area contributed by atoms with Crippen molar-refractivity contribution >= 4 is 0 Å². The zero-order valence-corrected chi connectivity index (χ0v) is 8.86. The van der Waals surface area contributed by atoms with E-state index in [1.807, 2.05) is 0 Å². The third-order valence-electron chi connectivity index (χ3n) is 1.88. The van der Waals surface area contributed by atoms with Crippen LogP contribution in [0.1, 0.15) is 0 Å². The van der Waals surface area contributed by atoms with Gasteiger partial charge in [0, 0.05) is 0 Å². The van der Waals surface area contributed by atoms with Crippen LogP contribution in [0.4, 0.5) is 0 Å². The normalized spacial score (nSPS) is 17.3. The highest BCUT2D eigenvalue weighted by Gasteiger charge is 2.34. The van der Waals surface area contributed by atoms with Gasteiger partial charge in [-0.3, -0.25) is 0 Å². The highest BCUT2D eigenvalue weighted by atomic mass is 17.0. The van der Waals surface area contributed by atoms with Gasteiger partial charge in [-0.15, -0.1) is 20.2 Å². The van der Waals surface area contributed by atoms with E-state index in [2.05, 4.69) is 9.68 Å². The molecule has 4 N–H and O–H groups in total. The van der Waals surface area contributed by atoms with E-state index in [1.165, 1.54) is 0 Å². The maximum absolute atomic E-state index is 10.1. The average Bonchev–Trinajstić information content (AvgIpc) is 2.30. The van der Waals surface area contributed by atoms with Crippen LogP contribution in [0.2, 0.25) is 0 Å². The van der Waals surface area contributed by atoms with Crippen LogP contribution in [0.5, 0.6) is 0 Å². The summed E-state index contributed by atoms with van der Waals surface area (Å²) in [6.45, 7) is -1.97. The molecule has 106 valence electrons. The van der Waals surface area contributed by atoms with Gasteiger partial charge in [0.05, 0.1) is 6.61 Å². The quantitative estimate of drug-likeness (QED) is 0.246. The Bertz CT molecular complexity index is 286. The molecule has 12 heteroatoms. The molecule has 0 bridgehead atoms. The molecule has 0 rings (SSSR count). The summed E-state index contributed by atoms with van der Waals surface area (Å²) in [4.78, 5) is 27.6. The van der Waals surface area contributed by atoms with Crippen molar-refractivity contribution in [3.63, 3.8) is 0 Å². The zero-order valence-electron chi connectivity index (χ0n) is 8.86. The molecule has 0 aromatic rings. The summed E-state index contributed by atoms with van der Waals surface area (Å²) in [7, 11) is 0. The Morgan fingerprint density at radius 3 is 2.00 bits per heavy atom. The van der Waals surface area contributed by atoms with E-state index in [0.29, 0.717) is 0 Å². The first-order chi connectivity index (χ1) is 8.29. The predicted octanol–water partition coefficient (Wildman–Crippen LogP) is -3.15. The molecule has 0 aliphatic carbocycles. The Balaban J connectivity index is 4.61. The minimum Gasteiger partial charge on any atom is -0.394 e. The summed E-state index contributed by atoms with van der Waals surface area (Å²) in [6.07, 6.45) is -7.78. The lowest BCUT2D eigenvalue weighted by molar-refractivity contribution is -0.792. The molecular weight excluding hydrogens is 260 g/mol. The Hall–Kier alpha value is -1.76. The van der Waals surface area contributed by atoms with Crippen molar-refractivity contribution in [1.29, 1.82) is 0 Å². The molecule has 0 heterocycles. The van der Waals surface area contributed by atoms with Gasteiger partial charge in [-0.05, 0) is 0 Å². The van der Waals surface area contributed by atoms with Crippen molar-refractivity contribution in [2.24, 2.45) is 0 Å². The minimum absolute atomic E-state index is 0.931. The van der Waals surface area contributed by atoms with Gasteiger partial charge in [0.1, 0.15) is 24.9 Å². The van der Waals surface area contributed by atoms with Gasteiger partial charge in [-0.2, -0.15) is 0 Å². The Morgan fingerprint density at radius 1 is 1.06 bits per heavy atom. The zero-order chi connectivity index (χ0) is 14.3. The molecule has 0 radical (unpaired) electrons. The maximum Gasteiger partial charge on any atom is 0.294 e. The lowest BCUT2D eigenvalue weighted by Crippen LogP contribution is -2.49. The molecule has 12 nitrogen and oxygen atoms in total. The second-order valence-electron chi connectivity index (χ2n) is 3.12. The van der Waals surface area contributed by atoms with Crippen LogP contribution in [0, 0.1) is 20.2 Å². The van der Waals surface area contributed by atoms with Crippen LogP contribution in [-0.2, 0) is 9.68 Å². The van der Waals surface area contributed by atoms with E-state index in [9.17, 15) is 30.4 Å². The lowest BCUT2D eigenvalue weighted by atomic mass is 10.0. The summed E-state index contributed by atoms with van der Waals surface area (Å²) in [5.74, 6) is 0. The molecular formula is C6H12N2O10. The standard InChI is InChI=1S/C6H12N2O10/c9-1-3(10)5(11)6(12)4(18-8(15)16)2-17-7(13)14/h3-6,9-12H,1-2H2/t3-,4+,5-,6-/m1/s1. The second kappa shape index (κ2) is 7.54. The Morgan fingerprint density at radius 2 is 1.61 bits per heavy atom. The fourth-order valence-electron chi connectivity index (χ4n) is 0.992. The first kappa shape index (κ1) is 16.2. The number of aliphatic hydroxyl groups excluding tert-OH is 4. The highest BCUT2D eigenvalue weighted by Crippen LogP contribution is 2.09. The summed E-state index contributed by atoms with van der Waals surface area (Å²) in [5, 5.41) is 53.5. The monoisotopic (exact) mass is 272 g/mol. The molecule has 0 aliphatic rings. The molecule has 0 unspecified atom stereocenters. The molecule has 0 fully saturated rings. The number of nitrogens with zero attached hydrogens (tertiary/aromatic N) is 2. The second-order valence-corrected chi connectivity index (χ2v) is 3.12. The molecule has 0 aliphatic heterocycles. The van der Waals surface area contributed by atoms with E-state index < -0.39 is 47.8 Å². The molecule has 0 aromatic carbocycles. The molecule has 0 spiro atoms. The van der Waals surface area contributed by atoms with Gasteiger partial charge in [0.25, 0.3) is 10.2 Å². The van der Waals surface area contributed by atoms with E-state index in [4.69, 9.17) is 10.2 Å². The number of hydrogen-bond donors (Lipinski definition) is 4.